The highest BCUT2D eigenvalue weighted by Crippen LogP contribution is 2.38. The van der Waals surface area contributed by atoms with E-state index in [-0.39, 0.29) is 6.10 Å². The number of hydrogen-bond donors (Lipinski definition) is 2. The SMILES string of the molecule is CCNC(=NCC1CCCC1O)N1CCN(Cc2cc(OC)c(OC)c(OC)c2)CC1. The summed E-state index contributed by atoms with van der Waals surface area (Å²) in [6.45, 7) is 8.22. The van der Waals surface area contributed by atoms with E-state index in [4.69, 9.17) is 19.2 Å². The Morgan fingerprint density at radius 3 is 2.26 bits per heavy atom. The fourth-order valence-electron chi connectivity index (χ4n) is 4.46. The Bertz CT molecular complexity index is 709. The molecule has 2 aliphatic rings. The number of methoxy groups -OCH3 is 3. The number of aliphatic imine (C=N–C) groups is 1. The molecule has 1 aliphatic carbocycles. The quantitative estimate of drug-likeness (QED) is 0.478. The molecule has 0 bridgehead atoms. The molecular formula is C23H38N4O4. The van der Waals surface area contributed by atoms with Crippen LogP contribution in [0.2, 0.25) is 0 Å². The normalized spacial score (nSPS) is 22.5. The predicted octanol–water partition coefficient (Wildman–Crippen LogP) is 1.96. The zero-order chi connectivity index (χ0) is 22.2. The van der Waals surface area contributed by atoms with Crippen molar-refractivity contribution in [1.82, 2.24) is 15.1 Å². The number of ether oxygens (including phenoxy) is 3. The molecule has 1 aromatic carbocycles. The van der Waals surface area contributed by atoms with Gasteiger partial charge in [-0.25, -0.2) is 0 Å². The first-order chi connectivity index (χ1) is 15.1. The van der Waals surface area contributed by atoms with Crippen molar-refractivity contribution >= 4 is 5.96 Å². The van der Waals surface area contributed by atoms with Crippen LogP contribution in [0.1, 0.15) is 31.7 Å². The highest BCUT2D eigenvalue weighted by molar-refractivity contribution is 5.80. The minimum Gasteiger partial charge on any atom is -0.493 e. The summed E-state index contributed by atoms with van der Waals surface area (Å²) in [5.41, 5.74) is 1.14. The highest BCUT2D eigenvalue weighted by atomic mass is 16.5. The molecule has 2 unspecified atom stereocenters. The maximum Gasteiger partial charge on any atom is 0.203 e. The van der Waals surface area contributed by atoms with Crippen LogP contribution in [-0.4, -0.2) is 87.6 Å². The second kappa shape index (κ2) is 11.4. The standard InChI is InChI=1S/C23H38N4O4/c1-5-24-23(25-15-18-7-6-8-19(18)28)27-11-9-26(10-12-27)16-17-13-20(29-2)22(31-4)21(14-17)30-3/h13-14,18-19,28H,5-12,15-16H2,1-4H3,(H,24,25). The number of rotatable bonds is 8. The van der Waals surface area contributed by atoms with Gasteiger partial charge in [0.15, 0.2) is 17.5 Å². The summed E-state index contributed by atoms with van der Waals surface area (Å²) in [6.07, 6.45) is 2.91. The lowest BCUT2D eigenvalue weighted by Crippen LogP contribution is -2.52. The predicted molar refractivity (Wildman–Crippen MR) is 122 cm³/mol. The Balaban J connectivity index is 1.59. The molecule has 0 spiro atoms. The molecule has 2 fully saturated rings. The van der Waals surface area contributed by atoms with E-state index in [9.17, 15) is 5.11 Å². The minimum atomic E-state index is -0.193. The summed E-state index contributed by atoms with van der Waals surface area (Å²) in [5, 5.41) is 13.5. The smallest absolute Gasteiger partial charge is 0.203 e. The van der Waals surface area contributed by atoms with Gasteiger partial charge in [0.25, 0.3) is 0 Å². The second-order valence-corrected chi connectivity index (χ2v) is 8.25. The Hall–Kier alpha value is -2.19. The number of aliphatic hydroxyl groups is 1. The lowest BCUT2D eigenvalue weighted by Gasteiger charge is -2.36. The molecule has 1 heterocycles. The summed E-state index contributed by atoms with van der Waals surface area (Å²) in [6, 6.07) is 4.04. The Morgan fingerprint density at radius 1 is 1.06 bits per heavy atom. The average Bonchev–Trinajstić information content (AvgIpc) is 3.21. The van der Waals surface area contributed by atoms with Crippen LogP contribution in [0.5, 0.6) is 17.2 Å². The first kappa shape index (κ1) is 23.5. The van der Waals surface area contributed by atoms with Crippen LogP contribution in [-0.2, 0) is 6.54 Å². The fourth-order valence-corrected chi connectivity index (χ4v) is 4.46. The topological polar surface area (TPSA) is 78.8 Å². The van der Waals surface area contributed by atoms with Crippen LogP contribution < -0.4 is 19.5 Å². The molecule has 1 saturated heterocycles. The maximum atomic E-state index is 10.1. The van der Waals surface area contributed by atoms with E-state index in [0.717, 1.165) is 70.1 Å². The van der Waals surface area contributed by atoms with Gasteiger partial charge in [0, 0.05) is 51.7 Å². The summed E-state index contributed by atoms with van der Waals surface area (Å²) >= 11 is 0. The minimum absolute atomic E-state index is 0.193. The van der Waals surface area contributed by atoms with Crippen molar-refractivity contribution in [1.29, 1.82) is 0 Å². The lowest BCUT2D eigenvalue weighted by atomic mass is 10.1. The van der Waals surface area contributed by atoms with Gasteiger partial charge in [0.1, 0.15) is 0 Å². The molecule has 1 saturated carbocycles. The summed E-state index contributed by atoms with van der Waals surface area (Å²) in [5.74, 6) is 3.26. The molecule has 0 aromatic heterocycles. The summed E-state index contributed by atoms with van der Waals surface area (Å²) in [4.78, 5) is 9.61. The molecular weight excluding hydrogens is 396 g/mol. The lowest BCUT2D eigenvalue weighted by molar-refractivity contribution is 0.136. The Labute approximate surface area is 186 Å². The first-order valence-electron chi connectivity index (χ1n) is 11.3. The van der Waals surface area contributed by atoms with Gasteiger partial charge in [-0.05, 0) is 37.5 Å². The molecule has 174 valence electrons. The van der Waals surface area contributed by atoms with Gasteiger partial charge in [-0.15, -0.1) is 0 Å². The van der Waals surface area contributed by atoms with E-state index in [2.05, 4.69) is 22.0 Å². The van der Waals surface area contributed by atoms with Gasteiger partial charge >= 0.3 is 0 Å². The van der Waals surface area contributed by atoms with Crippen LogP contribution in [0.25, 0.3) is 0 Å². The van der Waals surface area contributed by atoms with Crippen molar-refractivity contribution in [2.75, 3.05) is 60.6 Å². The summed E-state index contributed by atoms with van der Waals surface area (Å²) < 4.78 is 16.4. The van der Waals surface area contributed by atoms with E-state index < -0.39 is 0 Å². The Morgan fingerprint density at radius 2 is 1.74 bits per heavy atom. The zero-order valence-electron chi connectivity index (χ0n) is 19.4. The summed E-state index contributed by atoms with van der Waals surface area (Å²) in [7, 11) is 4.91. The van der Waals surface area contributed by atoms with Gasteiger partial charge in [0.05, 0.1) is 27.4 Å². The molecule has 3 rings (SSSR count). The molecule has 31 heavy (non-hydrogen) atoms. The monoisotopic (exact) mass is 434 g/mol. The van der Waals surface area contributed by atoms with Crippen molar-refractivity contribution in [3.63, 3.8) is 0 Å². The van der Waals surface area contributed by atoms with Gasteiger partial charge in [-0.2, -0.15) is 0 Å². The van der Waals surface area contributed by atoms with Crippen LogP contribution in [0.3, 0.4) is 0 Å². The number of benzene rings is 1. The molecule has 1 aromatic rings. The maximum absolute atomic E-state index is 10.1. The van der Waals surface area contributed by atoms with E-state index in [1.807, 2.05) is 12.1 Å². The van der Waals surface area contributed by atoms with Crippen LogP contribution in [0.4, 0.5) is 0 Å². The van der Waals surface area contributed by atoms with E-state index in [0.29, 0.717) is 29.7 Å². The van der Waals surface area contributed by atoms with Gasteiger partial charge in [-0.1, -0.05) is 6.42 Å². The molecule has 2 N–H and O–H groups in total. The first-order valence-corrected chi connectivity index (χ1v) is 11.3. The third-order valence-corrected chi connectivity index (χ3v) is 6.23. The van der Waals surface area contributed by atoms with Gasteiger partial charge < -0.3 is 29.5 Å². The molecule has 0 amide bonds. The highest BCUT2D eigenvalue weighted by Gasteiger charge is 2.26. The van der Waals surface area contributed by atoms with Crippen LogP contribution in [0.15, 0.2) is 17.1 Å². The van der Waals surface area contributed by atoms with Crippen molar-refractivity contribution in [3.05, 3.63) is 17.7 Å². The van der Waals surface area contributed by atoms with Crippen molar-refractivity contribution in [2.24, 2.45) is 10.9 Å². The van der Waals surface area contributed by atoms with Crippen LogP contribution >= 0.6 is 0 Å². The molecule has 2 atom stereocenters. The number of guanidine groups is 1. The van der Waals surface area contributed by atoms with E-state index in [1.165, 1.54) is 0 Å². The van der Waals surface area contributed by atoms with Gasteiger partial charge in [-0.3, -0.25) is 9.89 Å². The van der Waals surface area contributed by atoms with E-state index >= 15 is 0 Å². The number of aliphatic hydroxyl groups excluding tert-OH is 1. The molecule has 1 aliphatic heterocycles. The van der Waals surface area contributed by atoms with Crippen LogP contribution in [0, 0.1) is 5.92 Å². The second-order valence-electron chi connectivity index (χ2n) is 8.25. The van der Waals surface area contributed by atoms with E-state index in [1.54, 1.807) is 21.3 Å². The van der Waals surface area contributed by atoms with Crippen molar-refractivity contribution in [2.45, 2.75) is 38.8 Å². The third-order valence-electron chi connectivity index (χ3n) is 6.23. The number of piperazine rings is 1. The Kier molecular flexibility index (Phi) is 8.66. The van der Waals surface area contributed by atoms with Crippen molar-refractivity contribution in [3.8, 4) is 17.2 Å². The fraction of sp³-hybridized carbons (Fsp3) is 0.696. The number of hydrogen-bond acceptors (Lipinski definition) is 6. The zero-order valence-corrected chi connectivity index (χ0v) is 19.4. The van der Waals surface area contributed by atoms with Crippen molar-refractivity contribution < 1.29 is 19.3 Å². The largest absolute Gasteiger partial charge is 0.493 e. The number of nitrogens with one attached hydrogen (secondary N) is 1. The molecule has 8 heteroatoms. The molecule has 0 radical (unpaired) electrons. The average molecular weight is 435 g/mol. The third kappa shape index (κ3) is 5.95. The molecule has 8 nitrogen and oxygen atoms in total. The number of nitrogens with zero attached hydrogens (tertiary/aromatic N) is 3. The van der Waals surface area contributed by atoms with Gasteiger partial charge in [0.2, 0.25) is 5.75 Å².